The van der Waals surface area contributed by atoms with Gasteiger partial charge in [0.1, 0.15) is 18.2 Å². The van der Waals surface area contributed by atoms with E-state index >= 15 is 0 Å². The number of para-hydroxylation sites is 2. The molecule has 1 heterocycles. The maximum atomic E-state index is 13.1. The second-order valence-electron chi connectivity index (χ2n) is 7.50. The minimum Gasteiger partial charge on any atom is -0.352 e. The molecule has 168 valence electrons. The van der Waals surface area contributed by atoms with Gasteiger partial charge in [-0.3, -0.25) is 9.59 Å². The van der Waals surface area contributed by atoms with Crippen LogP contribution in [0.5, 0.6) is 0 Å². The van der Waals surface area contributed by atoms with Crippen LogP contribution in [0.2, 0.25) is 5.02 Å². The SMILES string of the molecule is O=C(Cn1c(CCCNC(=O)c2ccccc2Cl)nc2ccccc21)Nc1ccc(F)cc1. The molecule has 0 aliphatic heterocycles. The molecule has 0 fully saturated rings. The van der Waals surface area contributed by atoms with E-state index in [2.05, 4.69) is 15.6 Å². The standard InChI is InChI=1S/C25H22ClFN4O2/c26-20-7-2-1-6-19(20)25(33)28-15-5-10-23-30-21-8-3-4-9-22(21)31(23)16-24(32)29-18-13-11-17(27)12-14-18/h1-4,6-9,11-14H,5,10,15-16H2,(H,28,33)(H,29,32). The number of nitrogens with zero attached hydrogens (tertiary/aromatic N) is 2. The molecule has 3 aromatic carbocycles. The Labute approximate surface area is 195 Å². The number of benzene rings is 3. The van der Waals surface area contributed by atoms with Crippen molar-refractivity contribution in [2.45, 2.75) is 19.4 Å². The van der Waals surface area contributed by atoms with Crippen molar-refractivity contribution in [1.29, 1.82) is 0 Å². The number of carbonyl (C=O) groups excluding carboxylic acids is 2. The molecular formula is C25H22ClFN4O2. The van der Waals surface area contributed by atoms with E-state index in [-0.39, 0.29) is 24.2 Å². The Balaban J connectivity index is 1.41. The summed E-state index contributed by atoms with van der Waals surface area (Å²) in [5.41, 5.74) is 2.60. The second kappa shape index (κ2) is 10.3. The van der Waals surface area contributed by atoms with E-state index in [4.69, 9.17) is 11.6 Å². The lowest BCUT2D eigenvalue weighted by molar-refractivity contribution is -0.116. The molecule has 2 amide bonds. The van der Waals surface area contributed by atoms with Crippen molar-refractivity contribution in [2.24, 2.45) is 0 Å². The summed E-state index contributed by atoms with van der Waals surface area (Å²) in [6.07, 6.45) is 1.21. The number of fused-ring (bicyclic) bond motifs is 1. The quantitative estimate of drug-likeness (QED) is 0.367. The molecule has 0 spiro atoms. The highest BCUT2D eigenvalue weighted by molar-refractivity contribution is 6.33. The third-order valence-corrected chi connectivity index (χ3v) is 5.47. The van der Waals surface area contributed by atoms with Crippen molar-refractivity contribution in [3.05, 3.63) is 95.0 Å². The van der Waals surface area contributed by atoms with Crippen LogP contribution in [0.25, 0.3) is 11.0 Å². The number of halogens is 2. The van der Waals surface area contributed by atoms with Crippen molar-refractivity contribution in [3.63, 3.8) is 0 Å². The van der Waals surface area contributed by atoms with Crippen LogP contribution in [0.1, 0.15) is 22.6 Å². The Kier molecular flexibility index (Phi) is 7.00. The molecule has 0 radical (unpaired) electrons. The van der Waals surface area contributed by atoms with Crippen LogP contribution < -0.4 is 10.6 Å². The van der Waals surface area contributed by atoms with Crippen LogP contribution in [0.3, 0.4) is 0 Å². The fraction of sp³-hybridized carbons (Fsp3) is 0.160. The molecule has 4 rings (SSSR count). The van der Waals surface area contributed by atoms with Gasteiger partial charge in [0.05, 0.1) is 21.6 Å². The fourth-order valence-electron chi connectivity index (χ4n) is 3.56. The highest BCUT2D eigenvalue weighted by Crippen LogP contribution is 2.18. The molecular weight excluding hydrogens is 443 g/mol. The molecule has 0 bridgehead atoms. The Bertz CT molecular complexity index is 1290. The molecule has 0 saturated carbocycles. The van der Waals surface area contributed by atoms with E-state index in [1.165, 1.54) is 24.3 Å². The zero-order valence-electron chi connectivity index (χ0n) is 17.7. The van der Waals surface area contributed by atoms with Crippen molar-refractivity contribution < 1.29 is 14.0 Å². The summed E-state index contributed by atoms with van der Waals surface area (Å²) in [5.74, 6) is -0.0826. The van der Waals surface area contributed by atoms with Gasteiger partial charge in [-0.1, -0.05) is 35.9 Å². The highest BCUT2D eigenvalue weighted by atomic mass is 35.5. The lowest BCUT2D eigenvalue weighted by atomic mass is 10.2. The number of rotatable bonds is 8. The lowest BCUT2D eigenvalue weighted by Gasteiger charge is -2.11. The Morgan fingerprint density at radius 2 is 1.70 bits per heavy atom. The summed E-state index contributed by atoms with van der Waals surface area (Å²) in [4.78, 5) is 29.7. The molecule has 0 atom stereocenters. The third-order valence-electron chi connectivity index (χ3n) is 5.14. The Morgan fingerprint density at radius 3 is 2.48 bits per heavy atom. The van der Waals surface area contributed by atoms with Gasteiger partial charge in [0.15, 0.2) is 0 Å². The van der Waals surface area contributed by atoms with Crippen LogP contribution in [0.4, 0.5) is 10.1 Å². The van der Waals surface area contributed by atoms with Gasteiger partial charge in [-0.25, -0.2) is 9.37 Å². The molecule has 2 N–H and O–H groups in total. The summed E-state index contributed by atoms with van der Waals surface area (Å²) < 4.78 is 15.0. The van der Waals surface area contributed by atoms with Gasteiger partial charge in [-0.15, -0.1) is 0 Å². The summed E-state index contributed by atoms with van der Waals surface area (Å²) in [6, 6.07) is 20.1. The van der Waals surface area contributed by atoms with Gasteiger partial charge in [-0.2, -0.15) is 0 Å². The zero-order valence-corrected chi connectivity index (χ0v) is 18.5. The number of aromatic nitrogens is 2. The van der Waals surface area contributed by atoms with Crippen molar-refractivity contribution in [3.8, 4) is 0 Å². The number of amides is 2. The van der Waals surface area contributed by atoms with Gasteiger partial charge >= 0.3 is 0 Å². The highest BCUT2D eigenvalue weighted by Gasteiger charge is 2.14. The van der Waals surface area contributed by atoms with Crippen LogP contribution in [0, 0.1) is 5.82 Å². The Hall–Kier alpha value is -3.71. The molecule has 4 aromatic rings. The fourth-order valence-corrected chi connectivity index (χ4v) is 3.78. The van der Waals surface area contributed by atoms with Gasteiger partial charge in [0.25, 0.3) is 5.91 Å². The molecule has 0 aliphatic rings. The lowest BCUT2D eigenvalue weighted by Crippen LogP contribution is -2.25. The average molecular weight is 465 g/mol. The molecule has 0 aliphatic carbocycles. The summed E-state index contributed by atoms with van der Waals surface area (Å²) in [5, 5.41) is 6.06. The predicted molar refractivity (Wildman–Crippen MR) is 127 cm³/mol. The molecule has 6 nitrogen and oxygen atoms in total. The summed E-state index contributed by atoms with van der Waals surface area (Å²) in [7, 11) is 0. The van der Waals surface area contributed by atoms with Gasteiger partial charge in [0.2, 0.25) is 5.91 Å². The number of carbonyl (C=O) groups is 2. The maximum absolute atomic E-state index is 13.1. The number of hydrogen-bond acceptors (Lipinski definition) is 3. The number of aryl methyl sites for hydroxylation is 1. The number of hydrogen-bond donors (Lipinski definition) is 2. The van der Waals surface area contributed by atoms with E-state index in [9.17, 15) is 14.0 Å². The largest absolute Gasteiger partial charge is 0.352 e. The first-order valence-electron chi connectivity index (χ1n) is 10.5. The van der Waals surface area contributed by atoms with Crippen LogP contribution >= 0.6 is 11.6 Å². The third kappa shape index (κ3) is 5.56. The van der Waals surface area contributed by atoms with Crippen molar-refractivity contribution >= 4 is 40.1 Å². The van der Waals surface area contributed by atoms with Gasteiger partial charge in [0, 0.05) is 18.7 Å². The van der Waals surface area contributed by atoms with Gasteiger partial charge < -0.3 is 15.2 Å². The molecule has 0 unspecified atom stereocenters. The predicted octanol–water partition coefficient (Wildman–Crippen LogP) is 4.83. The average Bonchev–Trinajstić information content (AvgIpc) is 3.15. The summed E-state index contributed by atoms with van der Waals surface area (Å²) in [6.45, 7) is 0.508. The first kappa shape index (κ1) is 22.5. The van der Waals surface area contributed by atoms with Crippen LogP contribution in [0.15, 0.2) is 72.8 Å². The molecule has 0 saturated heterocycles. The van der Waals surface area contributed by atoms with E-state index in [0.717, 1.165) is 16.9 Å². The normalized spacial score (nSPS) is 10.8. The molecule has 8 heteroatoms. The number of nitrogens with one attached hydrogen (secondary N) is 2. The molecule has 1 aromatic heterocycles. The number of imidazole rings is 1. The first-order chi connectivity index (χ1) is 16.0. The van der Waals surface area contributed by atoms with E-state index in [1.54, 1.807) is 24.3 Å². The van der Waals surface area contributed by atoms with E-state index < -0.39 is 0 Å². The van der Waals surface area contributed by atoms with Gasteiger partial charge in [-0.05, 0) is 55.0 Å². The minimum atomic E-state index is -0.363. The van der Waals surface area contributed by atoms with Crippen molar-refractivity contribution in [1.82, 2.24) is 14.9 Å². The summed E-state index contributed by atoms with van der Waals surface area (Å²) >= 11 is 6.08. The van der Waals surface area contributed by atoms with Crippen molar-refractivity contribution in [2.75, 3.05) is 11.9 Å². The smallest absolute Gasteiger partial charge is 0.252 e. The van der Waals surface area contributed by atoms with Crippen LogP contribution in [-0.4, -0.2) is 27.9 Å². The van der Waals surface area contributed by atoms with E-state index in [1.807, 2.05) is 28.8 Å². The minimum absolute atomic E-state index is 0.0687. The van der Waals surface area contributed by atoms with E-state index in [0.29, 0.717) is 35.7 Å². The maximum Gasteiger partial charge on any atom is 0.252 e. The molecule has 33 heavy (non-hydrogen) atoms. The zero-order chi connectivity index (χ0) is 23.2. The first-order valence-corrected chi connectivity index (χ1v) is 10.9. The number of anilines is 1. The second-order valence-corrected chi connectivity index (χ2v) is 7.90. The Morgan fingerprint density at radius 1 is 0.970 bits per heavy atom. The monoisotopic (exact) mass is 464 g/mol. The van der Waals surface area contributed by atoms with Crippen LogP contribution in [-0.2, 0) is 17.8 Å². The topological polar surface area (TPSA) is 76.0 Å².